The molecule has 0 fully saturated rings. The van der Waals surface area contributed by atoms with E-state index in [1.807, 2.05) is 24.3 Å². The van der Waals surface area contributed by atoms with Crippen LogP contribution in [-0.4, -0.2) is 22.5 Å². The minimum atomic E-state index is -4.77. The maximum atomic E-state index is 12.4. The molecule has 9 heteroatoms. The van der Waals surface area contributed by atoms with E-state index in [9.17, 15) is 18.0 Å². The Hall–Kier alpha value is -2.94. The van der Waals surface area contributed by atoms with Crippen molar-refractivity contribution >= 4 is 17.2 Å². The lowest BCUT2D eigenvalue weighted by molar-refractivity contribution is -0.274. The van der Waals surface area contributed by atoms with E-state index in [1.54, 1.807) is 6.07 Å². The van der Waals surface area contributed by atoms with Crippen molar-refractivity contribution in [1.82, 2.24) is 15.5 Å². The first kappa shape index (κ1) is 20.8. The average Bonchev–Trinajstić information content (AvgIpc) is 3.12. The second-order valence-corrected chi connectivity index (χ2v) is 7.30. The summed E-state index contributed by atoms with van der Waals surface area (Å²) in [4.78, 5) is 11.6. The molecule has 0 aliphatic carbocycles. The van der Waals surface area contributed by atoms with Crippen LogP contribution in [0.3, 0.4) is 0 Å². The molecule has 0 aliphatic heterocycles. The average molecular weight is 420 g/mol. The summed E-state index contributed by atoms with van der Waals surface area (Å²) in [7, 11) is 0. The van der Waals surface area contributed by atoms with E-state index < -0.39 is 12.4 Å². The van der Waals surface area contributed by atoms with Crippen LogP contribution in [0.4, 0.5) is 13.2 Å². The lowest BCUT2D eigenvalue weighted by atomic mass is 10.0. The van der Waals surface area contributed by atoms with Gasteiger partial charge in [-0.2, -0.15) is 0 Å². The first-order chi connectivity index (χ1) is 13.7. The number of halogens is 3. The molecule has 1 N–H and O–H groups in total. The number of alkyl halides is 3. The van der Waals surface area contributed by atoms with Gasteiger partial charge in [-0.15, -0.1) is 23.4 Å². The third-order valence-corrected chi connectivity index (χ3v) is 4.98. The van der Waals surface area contributed by atoms with Crippen LogP contribution in [0.15, 0.2) is 48.5 Å². The topological polar surface area (TPSA) is 64.1 Å². The van der Waals surface area contributed by atoms with Gasteiger partial charge in [0.25, 0.3) is 0 Å². The van der Waals surface area contributed by atoms with Gasteiger partial charge in [0.1, 0.15) is 15.8 Å². The van der Waals surface area contributed by atoms with Crippen molar-refractivity contribution in [2.45, 2.75) is 25.7 Å². The van der Waals surface area contributed by atoms with Gasteiger partial charge in [-0.3, -0.25) is 4.79 Å². The summed E-state index contributed by atoms with van der Waals surface area (Å²) in [5, 5.41) is 12.0. The Morgan fingerprint density at radius 2 is 1.93 bits per heavy atom. The molecule has 0 bridgehead atoms. The van der Waals surface area contributed by atoms with Crippen molar-refractivity contribution in [3.63, 3.8) is 0 Å². The molecule has 0 spiro atoms. The van der Waals surface area contributed by atoms with Gasteiger partial charge in [-0.1, -0.05) is 47.7 Å². The quantitative estimate of drug-likeness (QED) is 0.628. The van der Waals surface area contributed by atoms with E-state index >= 15 is 0 Å². The van der Waals surface area contributed by atoms with Gasteiger partial charge in [-0.05, 0) is 36.6 Å². The molecule has 0 unspecified atom stereocenters. The minimum absolute atomic E-state index is 0.221. The molecule has 0 saturated heterocycles. The van der Waals surface area contributed by atoms with E-state index in [0.29, 0.717) is 22.0 Å². The number of rotatable bonds is 6. The summed E-state index contributed by atoms with van der Waals surface area (Å²) < 4.78 is 41.3. The third-order valence-electron chi connectivity index (χ3n) is 3.89. The van der Waals surface area contributed by atoms with Gasteiger partial charge in [0, 0.05) is 12.5 Å². The predicted octanol–water partition coefficient (Wildman–Crippen LogP) is 4.71. The first-order valence-corrected chi connectivity index (χ1v) is 9.39. The van der Waals surface area contributed by atoms with Crippen molar-refractivity contribution < 1.29 is 22.7 Å². The predicted molar refractivity (Wildman–Crippen MR) is 103 cm³/mol. The van der Waals surface area contributed by atoms with Crippen LogP contribution in [0.5, 0.6) is 5.75 Å². The fourth-order valence-electron chi connectivity index (χ4n) is 2.67. The van der Waals surface area contributed by atoms with Crippen LogP contribution >= 0.6 is 11.3 Å². The first-order valence-electron chi connectivity index (χ1n) is 8.57. The summed E-state index contributed by atoms with van der Waals surface area (Å²) in [6.45, 7) is 5.25. The number of carbonyl (C=O) groups excluding carboxylic acids is 1. The number of amides is 1. The van der Waals surface area contributed by atoms with E-state index in [1.165, 1.54) is 36.5 Å². The number of ether oxygens (including phenoxy) is 1. The van der Waals surface area contributed by atoms with Crippen LogP contribution in [0.1, 0.15) is 29.1 Å². The highest BCUT2D eigenvalue weighted by molar-refractivity contribution is 7.14. The molecule has 2 aromatic carbocycles. The molecule has 151 valence electrons. The Labute approximate surface area is 169 Å². The second kappa shape index (κ2) is 8.60. The van der Waals surface area contributed by atoms with E-state index in [4.69, 9.17) is 0 Å². The number of nitrogens with zero attached hydrogens (tertiary/aromatic N) is 2. The SMILES string of the molecule is [CH2]c1ccc(C[C@H](NC(C)=O)c2nnc(-c3cccc(OC(F)(F)F)c3)s2)cc1. The number of hydrogen-bond acceptors (Lipinski definition) is 5. The highest BCUT2D eigenvalue weighted by atomic mass is 32.1. The monoisotopic (exact) mass is 420 g/mol. The molecule has 0 aliphatic rings. The van der Waals surface area contributed by atoms with Crippen molar-refractivity contribution in [3.05, 3.63) is 71.6 Å². The molecule has 3 rings (SSSR count). The second-order valence-electron chi connectivity index (χ2n) is 6.29. The smallest absolute Gasteiger partial charge is 0.406 e. The number of carbonyl (C=O) groups is 1. The van der Waals surface area contributed by atoms with Crippen LogP contribution in [0.25, 0.3) is 10.6 Å². The van der Waals surface area contributed by atoms with E-state index in [2.05, 4.69) is 27.2 Å². The Kier molecular flexibility index (Phi) is 6.17. The van der Waals surface area contributed by atoms with E-state index in [-0.39, 0.29) is 11.7 Å². The van der Waals surface area contributed by atoms with Gasteiger partial charge in [-0.25, -0.2) is 0 Å². The molecule has 1 amide bonds. The van der Waals surface area contributed by atoms with Crippen molar-refractivity contribution in [1.29, 1.82) is 0 Å². The van der Waals surface area contributed by atoms with Crippen molar-refractivity contribution in [2.24, 2.45) is 0 Å². The van der Waals surface area contributed by atoms with Gasteiger partial charge in [0.15, 0.2) is 0 Å². The molecule has 5 nitrogen and oxygen atoms in total. The van der Waals surface area contributed by atoms with Crippen LogP contribution in [0, 0.1) is 6.92 Å². The van der Waals surface area contributed by atoms with Crippen LogP contribution < -0.4 is 10.1 Å². The van der Waals surface area contributed by atoms with Gasteiger partial charge in [0.05, 0.1) is 6.04 Å². The molecule has 0 saturated carbocycles. The molecular weight excluding hydrogens is 403 g/mol. The number of aromatic nitrogens is 2. The fourth-order valence-corrected chi connectivity index (χ4v) is 3.57. The maximum Gasteiger partial charge on any atom is 0.573 e. The lowest BCUT2D eigenvalue weighted by Gasteiger charge is -2.15. The Bertz CT molecular complexity index is 987. The van der Waals surface area contributed by atoms with Crippen LogP contribution in [0.2, 0.25) is 0 Å². The summed E-state index contributed by atoms with van der Waals surface area (Å²) in [5.74, 6) is -0.556. The Morgan fingerprint density at radius 3 is 2.59 bits per heavy atom. The minimum Gasteiger partial charge on any atom is -0.406 e. The molecule has 1 atom stereocenters. The lowest BCUT2D eigenvalue weighted by Crippen LogP contribution is -2.27. The van der Waals surface area contributed by atoms with Crippen molar-refractivity contribution in [3.8, 4) is 16.3 Å². The summed E-state index contributed by atoms with van der Waals surface area (Å²) >= 11 is 1.20. The molecule has 1 radical (unpaired) electrons. The normalized spacial score (nSPS) is 12.4. The van der Waals surface area contributed by atoms with Gasteiger partial charge in [0.2, 0.25) is 5.91 Å². The third kappa shape index (κ3) is 6.02. The number of benzene rings is 2. The zero-order chi connectivity index (χ0) is 21.0. The summed E-state index contributed by atoms with van der Waals surface area (Å²) in [6, 6.07) is 12.7. The number of hydrogen-bond donors (Lipinski definition) is 1. The van der Waals surface area contributed by atoms with Crippen molar-refractivity contribution in [2.75, 3.05) is 0 Å². The summed E-state index contributed by atoms with van der Waals surface area (Å²) in [5.41, 5.74) is 2.30. The van der Waals surface area contributed by atoms with Gasteiger partial charge >= 0.3 is 6.36 Å². The van der Waals surface area contributed by atoms with E-state index in [0.717, 1.165) is 11.1 Å². The summed E-state index contributed by atoms with van der Waals surface area (Å²) in [6.07, 6.45) is -4.28. The van der Waals surface area contributed by atoms with Gasteiger partial charge < -0.3 is 10.1 Å². The largest absolute Gasteiger partial charge is 0.573 e. The van der Waals surface area contributed by atoms with Crippen LogP contribution in [-0.2, 0) is 11.2 Å². The standard InChI is InChI=1S/C20H17F3N3O2S/c1-12-6-8-14(9-7-12)10-17(24-13(2)27)19-26-25-18(29-19)15-4-3-5-16(11-15)28-20(21,22)23/h3-9,11,17H,1,10H2,2H3,(H,24,27)/t17-/m0/s1. The zero-order valence-electron chi connectivity index (χ0n) is 15.4. The Morgan fingerprint density at radius 1 is 1.21 bits per heavy atom. The molecule has 1 aromatic heterocycles. The number of nitrogens with one attached hydrogen (secondary N) is 1. The molecular formula is C20H17F3N3O2S. The fraction of sp³-hybridized carbons (Fsp3) is 0.200. The highest BCUT2D eigenvalue weighted by Crippen LogP contribution is 2.32. The molecule has 1 heterocycles. The Balaban J connectivity index is 1.84. The molecule has 29 heavy (non-hydrogen) atoms. The maximum absolute atomic E-state index is 12.4. The molecule has 3 aromatic rings. The highest BCUT2D eigenvalue weighted by Gasteiger charge is 2.31. The zero-order valence-corrected chi connectivity index (χ0v) is 16.2.